The Kier molecular flexibility index (Phi) is 2.85. The molecule has 0 spiro atoms. The summed E-state index contributed by atoms with van der Waals surface area (Å²) in [5.74, 6) is -0.255. The molecule has 0 unspecified atom stereocenters. The van der Waals surface area contributed by atoms with Crippen molar-refractivity contribution in [2.75, 3.05) is 24.5 Å². The Morgan fingerprint density at radius 1 is 1.50 bits per heavy atom. The average Bonchev–Trinajstić information content (AvgIpc) is 2.66. The fraction of sp³-hybridized carbons (Fsp3) is 0.500. The molecule has 0 aliphatic carbocycles. The smallest absolute Gasteiger partial charge is 0.307 e. The molecule has 1 N–H and O–H groups in total. The SMILES string of the molecule is O=C1CNCCN1c1nc(C(F)(F)F)cs1. The zero-order valence-electron chi connectivity index (χ0n) is 8.04. The number of thiazole rings is 1. The van der Waals surface area contributed by atoms with Gasteiger partial charge in [-0.3, -0.25) is 9.69 Å². The molecule has 4 nitrogen and oxygen atoms in total. The maximum Gasteiger partial charge on any atom is 0.434 e. The molecule has 8 heteroatoms. The number of piperazine rings is 1. The molecule has 0 saturated carbocycles. The van der Waals surface area contributed by atoms with Crippen molar-refractivity contribution in [3.8, 4) is 0 Å². The number of amides is 1. The van der Waals surface area contributed by atoms with Crippen LogP contribution in [0.1, 0.15) is 5.69 Å². The molecule has 1 aliphatic heterocycles. The minimum absolute atomic E-state index is 0.110. The molecule has 1 saturated heterocycles. The molecule has 0 atom stereocenters. The monoisotopic (exact) mass is 251 g/mol. The quantitative estimate of drug-likeness (QED) is 0.813. The third-order valence-corrected chi connectivity index (χ3v) is 2.97. The molecule has 2 heterocycles. The summed E-state index contributed by atoms with van der Waals surface area (Å²) < 4.78 is 36.9. The van der Waals surface area contributed by atoms with E-state index in [9.17, 15) is 18.0 Å². The number of nitrogens with zero attached hydrogens (tertiary/aromatic N) is 2. The van der Waals surface area contributed by atoms with Crippen LogP contribution in [-0.2, 0) is 11.0 Å². The van der Waals surface area contributed by atoms with E-state index in [0.29, 0.717) is 13.1 Å². The highest BCUT2D eigenvalue weighted by Gasteiger charge is 2.35. The highest BCUT2D eigenvalue weighted by atomic mass is 32.1. The number of carbonyl (C=O) groups excluding carboxylic acids is 1. The normalized spacial score (nSPS) is 17.9. The Bertz CT molecular complexity index is 403. The summed E-state index contributed by atoms with van der Waals surface area (Å²) in [6.45, 7) is 1.05. The number of hydrogen-bond acceptors (Lipinski definition) is 4. The predicted octanol–water partition coefficient (Wildman–Crippen LogP) is 1.10. The van der Waals surface area contributed by atoms with E-state index in [-0.39, 0.29) is 17.6 Å². The average molecular weight is 251 g/mol. The first-order valence-corrected chi connectivity index (χ1v) is 5.40. The minimum atomic E-state index is -4.45. The summed E-state index contributed by atoms with van der Waals surface area (Å²) in [7, 11) is 0. The third-order valence-electron chi connectivity index (χ3n) is 2.10. The van der Waals surface area contributed by atoms with Gasteiger partial charge >= 0.3 is 6.18 Å². The number of anilines is 1. The van der Waals surface area contributed by atoms with E-state index in [4.69, 9.17) is 0 Å². The van der Waals surface area contributed by atoms with E-state index in [1.807, 2.05) is 0 Å². The first-order chi connectivity index (χ1) is 7.48. The Balaban J connectivity index is 2.21. The zero-order chi connectivity index (χ0) is 11.8. The summed E-state index contributed by atoms with van der Waals surface area (Å²) in [4.78, 5) is 16.1. The third kappa shape index (κ3) is 2.17. The number of carbonyl (C=O) groups is 1. The molecule has 1 fully saturated rings. The molecule has 0 radical (unpaired) electrons. The van der Waals surface area contributed by atoms with Crippen LogP contribution in [-0.4, -0.2) is 30.5 Å². The molecule has 1 aliphatic rings. The van der Waals surface area contributed by atoms with Crippen molar-refractivity contribution in [1.29, 1.82) is 0 Å². The first-order valence-electron chi connectivity index (χ1n) is 4.52. The Labute approximate surface area is 93.1 Å². The maximum absolute atomic E-state index is 12.3. The summed E-state index contributed by atoms with van der Waals surface area (Å²) in [6, 6.07) is 0. The van der Waals surface area contributed by atoms with Crippen LogP contribution in [0, 0.1) is 0 Å². The van der Waals surface area contributed by atoms with Gasteiger partial charge < -0.3 is 5.32 Å². The summed E-state index contributed by atoms with van der Waals surface area (Å²) in [5, 5.41) is 3.87. The van der Waals surface area contributed by atoms with E-state index in [2.05, 4.69) is 10.3 Å². The van der Waals surface area contributed by atoms with Crippen LogP contribution in [0.3, 0.4) is 0 Å². The second-order valence-corrected chi connectivity index (χ2v) is 4.07. The van der Waals surface area contributed by atoms with Crippen molar-refractivity contribution in [2.24, 2.45) is 0 Å². The molecule has 1 amide bonds. The molecule has 0 bridgehead atoms. The van der Waals surface area contributed by atoms with E-state index in [1.165, 1.54) is 4.90 Å². The van der Waals surface area contributed by atoms with E-state index >= 15 is 0 Å². The molecule has 16 heavy (non-hydrogen) atoms. The maximum atomic E-state index is 12.3. The van der Waals surface area contributed by atoms with Gasteiger partial charge in [0.1, 0.15) is 0 Å². The van der Waals surface area contributed by atoms with E-state index < -0.39 is 11.9 Å². The summed E-state index contributed by atoms with van der Waals surface area (Å²) in [6.07, 6.45) is -4.45. The van der Waals surface area contributed by atoms with Crippen LogP contribution in [0.5, 0.6) is 0 Å². The molecular weight excluding hydrogens is 243 g/mol. The van der Waals surface area contributed by atoms with Crippen LogP contribution < -0.4 is 10.2 Å². The number of aromatic nitrogens is 1. The van der Waals surface area contributed by atoms with Crippen molar-refractivity contribution in [1.82, 2.24) is 10.3 Å². The van der Waals surface area contributed by atoms with E-state index in [0.717, 1.165) is 16.7 Å². The lowest BCUT2D eigenvalue weighted by molar-refractivity contribution is -0.140. The molecular formula is C8H8F3N3OS. The number of alkyl halides is 3. The van der Waals surface area contributed by atoms with Crippen LogP contribution in [0.15, 0.2) is 5.38 Å². The van der Waals surface area contributed by atoms with Gasteiger partial charge in [0, 0.05) is 18.5 Å². The molecule has 88 valence electrons. The van der Waals surface area contributed by atoms with E-state index in [1.54, 1.807) is 0 Å². The van der Waals surface area contributed by atoms with Gasteiger partial charge in [-0.25, -0.2) is 4.98 Å². The van der Waals surface area contributed by atoms with Crippen molar-refractivity contribution < 1.29 is 18.0 Å². The van der Waals surface area contributed by atoms with Gasteiger partial charge in [0.05, 0.1) is 6.54 Å². The fourth-order valence-electron chi connectivity index (χ4n) is 1.33. The van der Waals surface area contributed by atoms with Gasteiger partial charge in [-0.15, -0.1) is 11.3 Å². The highest BCUT2D eigenvalue weighted by molar-refractivity contribution is 7.14. The number of rotatable bonds is 1. The van der Waals surface area contributed by atoms with Gasteiger partial charge in [0.2, 0.25) is 5.91 Å². The predicted molar refractivity (Wildman–Crippen MR) is 52.3 cm³/mol. The van der Waals surface area contributed by atoms with Gasteiger partial charge in [-0.1, -0.05) is 0 Å². The zero-order valence-corrected chi connectivity index (χ0v) is 8.86. The second kappa shape index (κ2) is 4.02. The summed E-state index contributed by atoms with van der Waals surface area (Å²) in [5.41, 5.74) is -0.946. The lowest BCUT2D eigenvalue weighted by Crippen LogP contribution is -2.48. The lowest BCUT2D eigenvalue weighted by atomic mass is 10.4. The van der Waals surface area contributed by atoms with Gasteiger partial charge in [-0.05, 0) is 0 Å². The van der Waals surface area contributed by atoms with Crippen molar-refractivity contribution >= 4 is 22.4 Å². The molecule has 1 aromatic rings. The van der Waals surface area contributed by atoms with Gasteiger partial charge in [0.25, 0.3) is 0 Å². The second-order valence-electron chi connectivity index (χ2n) is 3.24. The first kappa shape index (κ1) is 11.3. The van der Waals surface area contributed by atoms with Crippen LogP contribution in [0.4, 0.5) is 18.3 Å². The lowest BCUT2D eigenvalue weighted by Gasteiger charge is -2.24. The van der Waals surface area contributed by atoms with Crippen molar-refractivity contribution in [2.45, 2.75) is 6.18 Å². The van der Waals surface area contributed by atoms with Crippen LogP contribution in [0.2, 0.25) is 0 Å². The topological polar surface area (TPSA) is 45.2 Å². The van der Waals surface area contributed by atoms with Crippen molar-refractivity contribution in [3.63, 3.8) is 0 Å². The number of hydrogen-bond donors (Lipinski definition) is 1. The molecule has 1 aromatic heterocycles. The highest BCUT2D eigenvalue weighted by Crippen LogP contribution is 2.33. The Morgan fingerprint density at radius 2 is 2.25 bits per heavy atom. The fourth-order valence-corrected chi connectivity index (χ4v) is 2.20. The van der Waals surface area contributed by atoms with Crippen LogP contribution in [0.25, 0.3) is 0 Å². The number of halogens is 3. The Hall–Kier alpha value is -1.15. The van der Waals surface area contributed by atoms with Crippen molar-refractivity contribution in [3.05, 3.63) is 11.1 Å². The minimum Gasteiger partial charge on any atom is -0.307 e. The Morgan fingerprint density at radius 3 is 2.81 bits per heavy atom. The summed E-state index contributed by atoms with van der Waals surface area (Å²) >= 11 is 0.833. The van der Waals surface area contributed by atoms with Crippen LogP contribution >= 0.6 is 11.3 Å². The molecule has 2 rings (SSSR count). The van der Waals surface area contributed by atoms with Gasteiger partial charge in [0.15, 0.2) is 10.8 Å². The van der Waals surface area contributed by atoms with Gasteiger partial charge in [-0.2, -0.15) is 13.2 Å². The standard InChI is InChI=1S/C8H8F3N3OS/c9-8(10,11)5-4-16-7(13-5)14-2-1-12-3-6(14)15/h4,12H,1-3H2. The molecule has 0 aromatic carbocycles. The largest absolute Gasteiger partial charge is 0.434 e. The number of nitrogens with one attached hydrogen (secondary N) is 1.